The van der Waals surface area contributed by atoms with E-state index in [4.69, 9.17) is 4.74 Å². The van der Waals surface area contributed by atoms with Crippen LogP contribution in [0.15, 0.2) is 12.1 Å². The summed E-state index contributed by atoms with van der Waals surface area (Å²) < 4.78 is 19.3. The van der Waals surface area contributed by atoms with Crippen LogP contribution in [0.2, 0.25) is 0 Å². The smallest absolute Gasteiger partial charge is 0.124 e. The van der Waals surface area contributed by atoms with Gasteiger partial charge in [0.15, 0.2) is 0 Å². The molecule has 2 atom stereocenters. The first-order chi connectivity index (χ1) is 8.06. The Hall–Kier alpha value is -1.35. The summed E-state index contributed by atoms with van der Waals surface area (Å²) in [6.45, 7) is 6.03. The highest BCUT2D eigenvalue weighted by atomic mass is 19.1. The first-order valence-electron chi connectivity index (χ1n) is 6.02. The van der Waals surface area contributed by atoms with Crippen molar-refractivity contribution >= 4 is 10.9 Å². The van der Waals surface area contributed by atoms with Gasteiger partial charge in [-0.25, -0.2) is 4.39 Å². The van der Waals surface area contributed by atoms with Crippen LogP contribution in [0.4, 0.5) is 4.39 Å². The Morgan fingerprint density at radius 1 is 1.35 bits per heavy atom. The topological polar surface area (TPSA) is 25.0 Å². The zero-order valence-electron chi connectivity index (χ0n) is 10.3. The van der Waals surface area contributed by atoms with E-state index >= 15 is 0 Å². The molecule has 2 aromatic rings. The fraction of sp³-hybridized carbons (Fsp3) is 0.429. The van der Waals surface area contributed by atoms with Gasteiger partial charge < -0.3 is 9.72 Å². The molecule has 0 radical (unpaired) electrons. The van der Waals surface area contributed by atoms with Crippen LogP contribution in [0.3, 0.4) is 0 Å². The maximum atomic E-state index is 13.5. The number of hydrogen-bond acceptors (Lipinski definition) is 1. The van der Waals surface area contributed by atoms with E-state index in [0.717, 1.165) is 28.5 Å². The van der Waals surface area contributed by atoms with Crippen molar-refractivity contribution in [1.29, 1.82) is 0 Å². The Kier molecular flexibility index (Phi) is 2.26. The number of nitrogens with one attached hydrogen (secondary N) is 1. The summed E-state index contributed by atoms with van der Waals surface area (Å²) in [5, 5.41) is 0.969. The van der Waals surface area contributed by atoms with Crippen molar-refractivity contribution < 1.29 is 9.13 Å². The molecule has 0 spiro atoms. The number of halogens is 1. The van der Waals surface area contributed by atoms with Crippen molar-refractivity contribution in [2.45, 2.75) is 39.4 Å². The molecule has 2 nitrogen and oxygen atoms in total. The molecule has 0 aliphatic carbocycles. The standard InChI is InChI=1S/C14H16FNO/c1-7-4-10(15)6-11-13-9(3)17-8(2)5-12(13)16-14(7)11/h4,6,8-9,16H,5H2,1-3H3. The molecule has 2 heterocycles. The molecule has 2 unspecified atom stereocenters. The minimum absolute atomic E-state index is 0.0312. The molecule has 0 saturated heterocycles. The second-order valence-corrected chi connectivity index (χ2v) is 4.96. The molecule has 17 heavy (non-hydrogen) atoms. The molecule has 90 valence electrons. The van der Waals surface area contributed by atoms with Gasteiger partial charge in [-0.2, -0.15) is 0 Å². The Balaban J connectivity index is 2.32. The minimum Gasteiger partial charge on any atom is -0.370 e. The molecule has 1 aliphatic heterocycles. The zero-order valence-corrected chi connectivity index (χ0v) is 10.3. The summed E-state index contributed by atoms with van der Waals surface area (Å²) in [4.78, 5) is 3.43. The molecular formula is C14H16FNO. The maximum absolute atomic E-state index is 13.5. The third-order valence-electron chi connectivity index (χ3n) is 3.53. The molecule has 1 N–H and O–H groups in total. The van der Waals surface area contributed by atoms with E-state index in [1.165, 1.54) is 5.69 Å². The van der Waals surface area contributed by atoms with Crippen molar-refractivity contribution in [3.05, 3.63) is 34.8 Å². The number of rotatable bonds is 0. The van der Waals surface area contributed by atoms with Crippen molar-refractivity contribution in [3.63, 3.8) is 0 Å². The van der Waals surface area contributed by atoms with Gasteiger partial charge in [0.05, 0.1) is 12.2 Å². The normalized spacial score (nSPS) is 24.0. The average molecular weight is 233 g/mol. The largest absolute Gasteiger partial charge is 0.370 e. The highest BCUT2D eigenvalue weighted by molar-refractivity contribution is 5.88. The highest BCUT2D eigenvalue weighted by Crippen LogP contribution is 2.36. The molecule has 3 heteroatoms. The minimum atomic E-state index is -0.178. The summed E-state index contributed by atoms with van der Waals surface area (Å²) in [5.74, 6) is -0.178. The van der Waals surface area contributed by atoms with E-state index < -0.39 is 0 Å². The maximum Gasteiger partial charge on any atom is 0.124 e. The van der Waals surface area contributed by atoms with E-state index in [0.29, 0.717) is 0 Å². The lowest BCUT2D eigenvalue weighted by molar-refractivity contribution is -0.00436. The average Bonchev–Trinajstić information content (AvgIpc) is 2.56. The quantitative estimate of drug-likeness (QED) is 0.738. The molecular weight excluding hydrogens is 217 g/mol. The van der Waals surface area contributed by atoms with Gasteiger partial charge >= 0.3 is 0 Å². The summed E-state index contributed by atoms with van der Waals surface area (Å²) in [5.41, 5.74) is 4.32. The Bertz CT molecular complexity index is 587. The number of aromatic amines is 1. The molecule has 1 aromatic heterocycles. The van der Waals surface area contributed by atoms with E-state index in [9.17, 15) is 4.39 Å². The van der Waals surface area contributed by atoms with Crippen LogP contribution < -0.4 is 0 Å². The fourth-order valence-corrected chi connectivity index (χ4v) is 2.88. The predicted octanol–water partition coefficient (Wildman–Crippen LogP) is 3.64. The SMILES string of the molecule is Cc1cc(F)cc2c3c([nH]c12)CC(C)OC3C. The van der Waals surface area contributed by atoms with Gasteiger partial charge in [0.25, 0.3) is 0 Å². The first kappa shape index (κ1) is 10.8. The number of ether oxygens (including phenoxy) is 1. The van der Waals surface area contributed by atoms with E-state index in [-0.39, 0.29) is 18.0 Å². The lowest BCUT2D eigenvalue weighted by Gasteiger charge is -2.25. The molecule has 0 fully saturated rings. The van der Waals surface area contributed by atoms with Crippen LogP contribution in [-0.4, -0.2) is 11.1 Å². The lowest BCUT2D eigenvalue weighted by Crippen LogP contribution is -2.21. The molecule has 3 rings (SSSR count). The van der Waals surface area contributed by atoms with Gasteiger partial charge in [0.1, 0.15) is 5.82 Å². The fourth-order valence-electron chi connectivity index (χ4n) is 2.88. The van der Waals surface area contributed by atoms with E-state index in [1.54, 1.807) is 12.1 Å². The van der Waals surface area contributed by atoms with Crippen molar-refractivity contribution in [1.82, 2.24) is 4.98 Å². The first-order valence-corrected chi connectivity index (χ1v) is 6.02. The van der Waals surface area contributed by atoms with Gasteiger partial charge in [-0.3, -0.25) is 0 Å². The summed E-state index contributed by atoms with van der Waals surface area (Å²) in [6.07, 6.45) is 1.12. The number of aromatic nitrogens is 1. The number of hydrogen-bond donors (Lipinski definition) is 1. The van der Waals surface area contributed by atoms with Gasteiger partial charge in [-0.05, 0) is 38.5 Å². The monoisotopic (exact) mass is 233 g/mol. The number of H-pyrrole nitrogens is 1. The van der Waals surface area contributed by atoms with Crippen LogP contribution in [0.25, 0.3) is 10.9 Å². The summed E-state index contributed by atoms with van der Waals surface area (Å²) >= 11 is 0. The van der Waals surface area contributed by atoms with Crippen LogP contribution in [-0.2, 0) is 11.2 Å². The van der Waals surface area contributed by atoms with E-state index in [2.05, 4.69) is 11.9 Å². The predicted molar refractivity (Wildman–Crippen MR) is 65.7 cm³/mol. The Morgan fingerprint density at radius 3 is 2.88 bits per heavy atom. The summed E-state index contributed by atoms with van der Waals surface area (Å²) in [6, 6.07) is 3.17. The van der Waals surface area contributed by atoms with Crippen molar-refractivity contribution in [3.8, 4) is 0 Å². The highest BCUT2D eigenvalue weighted by Gasteiger charge is 2.26. The molecule has 0 saturated carbocycles. The third kappa shape index (κ3) is 1.57. The lowest BCUT2D eigenvalue weighted by atomic mass is 9.99. The summed E-state index contributed by atoms with van der Waals surface area (Å²) in [7, 11) is 0. The second kappa shape index (κ2) is 3.57. The van der Waals surface area contributed by atoms with Crippen LogP contribution >= 0.6 is 0 Å². The number of aryl methyl sites for hydroxylation is 1. The van der Waals surface area contributed by atoms with Gasteiger partial charge in [-0.15, -0.1) is 0 Å². The Labute approximate surface area is 99.8 Å². The van der Waals surface area contributed by atoms with Crippen LogP contribution in [0.1, 0.15) is 36.8 Å². The number of benzene rings is 1. The zero-order chi connectivity index (χ0) is 12.2. The van der Waals surface area contributed by atoms with Crippen molar-refractivity contribution in [2.75, 3.05) is 0 Å². The van der Waals surface area contributed by atoms with Gasteiger partial charge in [-0.1, -0.05) is 0 Å². The molecule has 0 bridgehead atoms. The van der Waals surface area contributed by atoms with Crippen molar-refractivity contribution in [2.24, 2.45) is 0 Å². The second-order valence-electron chi connectivity index (χ2n) is 4.96. The molecule has 0 amide bonds. The van der Waals surface area contributed by atoms with Gasteiger partial charge in [0.2, 0.25) is 0 Å². The van der Waals surface area contributed by atoms with Gasteiger partial charge in [0, 0.05) is 28.6 Å². The van der Waals surface area contributed by atoms with Crippen LogP contribution in [0.5, 0.6) is 0 Å². The third-order valence-corrected chi connectivity index (χ3v) is 3.53. The van der Waals surface area contributed by atoms with Crippen LogP contribution in [0, 0.1) is 12.7 Å². The molecule has 1 aromatic carbocycles. The number of fused-ring (bicyclic) bond motifs is 3. The Morgan fingerprint density at radius 2 is 2.12 bits per heavy atom. The molecule has 1 aliphatic rings. The van der Waals surface area contributed by atoms with E-state index in [1.807, 2.05) is 13.8 Å².